The molecule has 0 aliphatic carbocycles. The number of aromatic nitrogens is 3. The van der Waals surface area contributed by atoms with Gasteiger partial charge in [-0.3, -0.25) is 4.79 Å². The first-order chi connectivity index (χ1) is 12.4. The number of nitrogens with zero attached hydrogens (tertiary/aromatic N) is 3. The molecule has 0 spiro atoms. The van der Waals surface area contributed by atoms with Gasteiger partial charge in [0.2, 0.25) is 0 Å². The molecule has 0 atom stereocenters. The zero-order chi connectivity index (χ0) is 18.8. The van der Waals surface area contributed by atoms with Gasteiger partial charge in [-0.2, -0.15) is 5.10 Å². The maximum atomic E-state index is 12.9. The lowest BCUT2D eigenvalue weighted by Gasteiger charge is -2.14. The molecule has 2 heterocycles. The van der Waals surface area contributed by atoms with Gasteiger partial charge in [-0.1, -0.05) is 23.2 Å². The number of pyridine rings is 1. The summed E-state index contributed by atoms with van der Waals surface area (Å²) in [6.45, 7) is 1.54. The number of amides is 1. The number of hydrogen-bond acceptors (Lipinski definition) is 4. The number of carbonyl (C=O) groups is 1. The Labute approximate surface area is 167 Å². The van der Waals surface area contributed by atoms with Crippen LogP contribution in [-0.2, 0) is 6.61 Å². The lowest BCUT2D eigenvalue weighted by atomic mass is 10.1. The fourth-order valence-electron chi connectivity index (χ4n) is 2.50. The van der Waals surface area contributed by atoms with Crippen LogP contribution in [0.5, 0.6) is 0 Å². The first-order valence-corrected chi connectivity index (χ1v) is 9.03. The number of aliphatic hydroxyl groups excluding tert-OH is 1. The van der Waals surface area contributed by atoms with Crippen molar-refractivity contribution in [3.05, 3.63) is 68.0 Å². The van der Waals surface area contributed by atoms with E-state index in [-0.39, 0.29) is 12.3 Å². The molecule has 0 fully saturated rings. The number of aliphatic hydroxyl groups is 1. The Kier molecular flexibility index (Phi) is 5.62. The van der Waals surface area contributed by atoms with Gasteiger partial charge in [0.15, 0.2) is 5.82 Å². The number of benzene rings is 1. The van der Waals surface area contributed by atoms with Gasteiger partial charge in [-0.05, 0) is 52.7 Å². The van der Waals surface area contributed by atoms with Crippen LogP contribution in [0.4, 0.5) is 5.69 Å². The molecule has 2 aromatic heterocycles. The lowest BCUT2D eigenvalue weighted by molar-refractivity contribution is 0.101. The fraction of sp³-hybridized carbons (Fsp3) is 0.118. The second kappa shape index (κ2) is 7.75. The van der Waals surface area contributed by atoms with E-state index in [1.165, 1.54) is 4.68 Å². The Hall–Kier alpha value is -1.93. The van der Waals surface area contributed by atoms with Crippen molar-refractivity contribution in [1.82, 2.24) is 14.8 Å². The third kappa shape index (κ3) is 3.76. The molecule has 6 nitrogen and oxygen atoms in total. The van der Waals surface area contributed by atoms with Crippen LogP contribution in [0, 0.1) is 6.92 Å². The highest BCUT2D eigenvalue weighted by molar-refractivity contribution is 9.10. The van der Waals surface area contributed by atoms with E-state index in [2.05, 4.69) is 31.3 Å². The van der Waals surface area contributed by atoms with Gasteiger partial charge in [0, 0.05) is 28.5 Å². The molecule has 0 radical (unpaired) electrons. The van der Waals surface area contributed by atoms with E-state index in [0.717, 1.165) is 5.56 Å². The van der Waals surface area contributed by atoms with Crippen molar-refractivity contribution in [2.75, 3.05) is 5.32 Å². The highest BCUT2D eigenvalue weighted by Crippen LogP contribution is 2.27. The monoisotopic (exact) mass is 454 g/mol. The lowest BCUT2D eigenvalue weighted by Crippen LogP contribution is -2.19. The summed E-state index contributed by atoms with van der Waals surface area (Å²) in [7, 11) is 0. The number of hydrogen-bond donors (Lipinski definition) is 2. The molecule has 0 saturated carbocycles. The third-order valence-corrected chi connectivity index (χ3v) is 4.54. The highest BCUT2D eigenvalue weighted by atomic mass is 79.9. The van der Waals surface area contributed by atoms with Crippen molar-refractivity contribution >= 4 is 50.7 Å². The zero-order valence-corrected chi connectivity index (χ0v) is 16.6. The first kappa shape index (κ1) is 18.8. The number of anilines is 1. The number of aryl methyl sites for hydroxylation is 1. The molecule has 3 aromatic rings. The predicted molar refractivity (Wildman–Crippen MR) is 104 cm³/mol. The maximum Gasteiger partial charge on any atom is 0.274 e. The molecule has 0 bridgehead atoms. The topological polar surface area (TPSA) is 80.0 Å². The molecule has 0 aliphatic heterocycles. The number of carbonyl (C=O) groups excluding carboxylic acids is 1. The molecular formula is C17H13BrCl2N4O2. The minimum atomic E-state index is -0.426. The van der Waals surface area contributed by atoms with Gasteiger partial charge >= 0.3 is 0 Å². The Bertz CT molecular complexity index is 991. The molecule has 1 aromatic carbocycles. The Balaban J connectivity index is 2.02. The van der Waals surface area contributed by atoms with Crippen molar-refractivity contribution in [1.29, 1.82) is 0 Å². The predicted octanol–water partition coefficient (Wildman–Crippen LogP) is 4.39. The van der Waals surface area contributed by atoms with Crippen LogP contribution in [0.1, 0.15) is 21.6 Å². The number of halogens is 3. The summed E-state index contributed by atoms with van der Waals surface area (Å²) in [5.74, 6) is -0.0923. The van der Waals surface area contributed by atoms with Gasteiger partial charge in [0.05, 0.1) is 11.6 Å². The smallest absolute Gasteiger partial charge is 0.274 e. The van der Waals surface area contributed by atoms with Crippen molar-refractivity contribution in [3.63, 3.8) is 0 Å². The largest absolute Gasteiger partial charge is 0.392 e. The summed E-state index contributed by atoms with van der Waals surface area (Å²) >= 11 is 15.5. The summed E-state index contributed by atoms with van der Waals surface area (Å²) in [5, 5.41) is 17.4. The molecule has 3 rings (SSSR count). The van der Waals surface area contributed by atoms with Crippen molar-refractivity contribution in [2.45, 2.75) is 13.5 Å². The van der Waals surface area contributed by atoms with E-state index in [0.29, 0.717) is 31.7 Å². The second-order valence-electron chi connectivity index (χ2n) is 5.44. The third-order valence-electron chi connectivity index (χ3n) is 3.64. The van der Waals surface area contributed by atoms with Crippen LogP contribution < -0.4 is 5.32 Å². The Morgan fingerprint density at radius 2 is 2.12 bits per heavy atom. The van der Waals surface area contributed by atoms with Crippen LogP contribution >= 0.6 is 39.1 Å². The van der Waals surface area contributed by atoms with E-state index >= 15 is 0 Å². The molecule has 0 saturated heterocycles. The summed E-state index contributed by atoms with van der Waals surface area (Å²) in [5.41, 5.74) is 1.98. The summed E-state index contributed by atoms with van der Waals surface area (Å²) in [6, 6.07) is 8.22. The van der Waals surface area contributed by atoms with Crippen LogP contribution in [-0.4, -0.2) is 25.8 Å². The number of rotatable bonds is 4. The van der Waals surface area contributed by atoms with Crippen molar-refractivity contribution in [2.24, 2.45) is 0 Å². The quantitative estimate of drug-likeness (QED) is 0.611. The summed E-state index contributed by atoms with van der Waals surface area (Å²) in [4.78, 5) is 17.0. The van der Waals surface area contributed by atoms with E-state index < -0.39 is 5.91 Å². The maximum absolute atomic E-state index is 12.9. The molecule has 26 heavy (non-hydrogen) atoms. The molecule has 0 aliphatic rings. The van der Waals surface area contributed by atoms with Crippen LogP contribution in [0.2, 0.25) is 10.0 Å². The average molecular weight is 456 g/mol. The first-order valence-electron chi connectivity index (χ1n) is 7.48. The normalized spacial score (nSPS) is 10.8. The molecule has 134 valence electrons. The molecular weight excluding hydrogens is 443 g/mol. The minimum absolute atomic E-state index is 0.232. The molecule has 1 amide bonds. The number of nitrogens with one attached hydrogen (secondary N) is 1. The Morgan fingerprint density at radius 1 is 1.35 bits per heavy atom. The van der Waals surface area contributed by atoms with E-state index in [9.17, 15) is 9.90 Å². The highest BCUT2D eigenvalue weighted by Gasteiger charge is 2.20. The molecule has 2 N–H and O–H groups in total. The molecule has 0 unspecified atom stereocenters. The van der Waals surface area contributed by atoms with Crippen LogP contribution in [0.25, 0.3) is 5.82 Å². The fourth-order valence-corrected chi connectivity index (χ4v) is 3.37. The SMILES string of the molecule is Cc1cc(Cl)cc(CO)c1NC(=O)c1cc(Br)nn1-c1ncccc1Cl. The summed E-state index contributed by atoms with van der Waals surface area (Å²) in [6.07, 6.45) is 1.56. The van der Waals surface area contributed by atoms with Crippen molar-refractivity contribution in [3.8, 4) is 5.82 Å². The minimum Gasteiger partial charge on any atom is -0.392 e. The standard InChI is InChI=1S/C17H13BrCl2N4O2/c1-9-5-11(19)6-10(8-25)15(9)22-17(26)13-7-14(18)23-24(13)16-12(20)3-2-4-21-16/h2-7,25H,8H2,1H3,(H,22,26). The van der Waals surface area contributed by atoms with Crippen molar-refractivity contribution < 1.29 is 9.90 Å². The Morgan fingerprint density at radius 3 is 2.81 bits per heavy atom. The average Bonchev–Trinajstić information content (AvgIpc) is 2.99. The second-order valence-corrected chi connectivity index (χ2v) is 7.10. The van der Waals surface area contributed by atoms with E-state index in [1.807, 2.05) is 0 Å². The van der Waals surface area contributed by atoms with Crippen LogP contribution in [0.15, 0.2) is 41.1 Å². The van der Waals surface area contributed by atoms with Gasteiger partial charge in [-0.15, -0.1) is 0 Å². The van der Waals surface area contributed by atoms with Crippen LogP contribution in [0.3, 0.4) is 0 Å². The van der Waals surface area contributed by atoms with E-state index in [1.54, 1.807) is 43.5 Å². The zero-order valence-electron chi connectivity index (χ0n) is 13.5. The van der Waals surface area contributed by atoms with Gasteiger partial charge in [0.1, 0.15) is 10.3 Å². The molecule has 9 heteroatoms. The van der Waals surface area contributed by atoms with Gasteiger partial charge < -0.3 is 10.4 Å². The van der Waals surface area contributed by atoms with Gasteiger partial charge in [0.25, 0.3) is 5.91 Å². The van der Waals surface area contributed by atoms with Gasteiger partial charge in [-0.25, -0.2) is 9.67 Å². The summed E-state index contributed by atoms with van der Waals surface area (Å²) < 4.78 is 1.81. The van der Waals surface area contributed by atoms with E-state index in [4.69, 9.17) is 23.2 Å².